The van der Waals surface area contributed by atoms with Gasteiger partial charge in [0.05, 0.1) is 30.9 Å². The highest BCUT2D eigenvalue weighted by Gasteiger charge is 2.24. The fraction of sp³-hybridized carbons (Fsp3) is 0.381. The van der Waals surface area contributed by atoms with Crippen LogP contribution in [-0.4, -0.2) is 46.5 Å². The highest BCUT2D eigenvalue weighted by atomic mass is 16.5. The summed E-state index contributed by atoms with van der Waals surface area (Å²) in [7, 11) is 1.72. The maximum atomic E-state index is 5.51. The van der Waals surface area contributed by atoms with Crippen molar-refractivity contribution in [2.45, 2.75) is 20.3 Å². The molecule has 0 saturated carbocycles. The van der Waals surface area contributed by atoms with Crippen LogP contribution in [-0.2, 0) is 0 Å². The van der Waals surface area contributed by atoms with Gasteiger partial charge in [-0.1, -0.05) is 12.1 Å². The van der Waals surface area contributed by atoms with Crippen molar-refractivity contribution in [2.75, 3.05) is 37.0 Å². The SMILES string of the molecule is COc1ccccc1N1CCC(CNc2cncc(-n3nc(C)cc3C)n2)C1. The molecule has 1 unspecified atom stereocenters. The van der Waals surface area contributed by atoms with E-state index in [2.05, 4.69) is 37.4 Å². The van der Waals surface area contributed by atoms with Crippen LogP contribution in [0, 0.1) is 19.8 Å². The third kappa shape index (κ3) is 3.78. The number of hydrogen-bond donors (Lipinski definition) is 1. The zero-order valence-electron chi connectivity index (χ0n) is 16.6. The van der Waals surface area contributed by atoms with E-state index in [0.29, 0.717) is 5.92 Å². The molecule has 0 amide bonds. The van der Waals surface area contributed by atoms with Crippen LogP contribution < -0.4 is 15.0 Å². The molecular weight excluding hydrogens is 352 g/mol. The van der Waals surface area contributed by atoms with Crippen molar-refractivity contribution in [2.24, 2.45) is 5.92 Å². The predicted molar refractivity (Wildman–Crippen MR) is 110 cm³/mol. The molecule has 146 valence electrons. The lowest BCUT2D eigenvalue weighted by Crippen LogP contribution is -2.23. The van der Waals surface area contributed by atoms with E-state index in [0.717, 1.165) is 54.8 Å². The summed E-state index contributed by atoms with van der Waals surface area (Å²) >= 11 is 0. The molecule has 7 heteroatoms. The second kappa shape index (κ2) is 7.88. The van der Waals surface area contributed by atoms with Crippen LogP contribution in [0.15, 0.2) is 42.7 Å². The van der Waals surface area contributed by atoms with Crippen LogP contribution in [0.1, 0.15) is 17.8 Å². The van der Waals surface area contributed by atoms with Gasteiger partial charge in [0.2, 0.25) is 0 Å². The van der Waals surface area contributed by atoms with Gasteiger partial charge in [-0.05, 0) is 44.4 Å². The number of aromatic nitrogens is 4. The van der Waals surface area contributed by atoms with Gasteiger partial charge >= 0.3 is 0 Å². The Morgan fingerprint density at radius 1 is 1.21 bits per heavy atom. The maximum Gasteiger partial charge on any atom is 0.174 e. The van der Waals surface area contributed by atoms with Crippen molar-refractivity contribution in [1.82, 2.24) is 19.7 Å². The largest absolute Gasteiger partial charge is 0.495 e. The van der Waals surface area contributed by atoms with Gasteiger partial charge in [-0.3, -0.25) is 4.98 Å². The number of nitrogens with zero attached hydrogens (tertiary/aromatic N) is 5. The minimum Gasteiger partial charge on any atom is -0.495 e. The fourth-order valence-electron chi connectivity index (χ4n) is 3.76. The van der Waals surface area contributed by atoms with Crippen molar-refractivity contribution in [3.63, 3.8) is 0 Å². The van der Waals surface area contributed by atoms with Gasteiger partial charge in [0, 0.05) is 25.3 Å². The number of anilines is 2. The molecule has 4 rings (SSSR count). The molecule has 0 spiro atoms. The molecule has 3 aromatic rings. The fourth-order valence-corrected chi connectivity index (χ4v) is 3.76. The van der Waals surface area contributed by atoms with Gasteiger partial charge in [0.1, 0.15) is 11.6 Å². The predicted octanol–water partition coefficient (Wildman–Crippen LogP) is 3.23. The molecule has 1 saturated heterocycles. The van der Waals surface area contributed by atoms with Crippen LogP contribution in [0.4, 0.5) is 11.5 Å². The lowest BCUT2D eigenvalue weighted by atomic mass is 10.1. The maximum absolute atomic E-state index is 5.51. The van der Waals surface area contributed by atoms with Gasteiger partial charge in [-0.25, -0.2) is 9.67 Å². The average molecular weight is 378 g/mol. The molecule has 3 heterocycles. The van der Waals surface area contributed by atoms with E-state index in [1.54, 1.807) is 19.5 Å². The standard InChI is InChI=1S/C21H26N6O/c1-15-10-16(2)27(25-15)21-13-22-12-20(24-21)23-11-17-8-9-26(14-17)18-6-4-5-7-19(18)28-3/h4-7,10,12-13,17H,8-9,11,14H2,1-3H3,(H,23,24). The molecule has 1 N–H and O–H groups in total. The second-order valence-corrected chi connectivity index (χ2v) is 7.25. The van der Waals surface area contributed by atoms with Crippen molar-refractivity contribution >= 4 is 11.5 Å². The summed E-state index contributed by atoms with van der Waals surface area (Å²) in [5, 5.41) is 7.94. The summed E-state index contributed by atoms with van der Waals surface area (Å²) in [6.07, 6.45) is 4.64. The highest BCUT2D eigenvalue weighted by Crippen LogP contribution is 2.32. The van der Waals surface area contributed by atoms with Crippen LogP contribution in [0.5, 0.6) is 5.75 Å². The Morgan fingerprint density at radius 2 is 2.07 bits per heavy atom. The van der Waals surface area contributed by atoms with Crippen molar-refractivity contribution in [1.29, 1.82) is 0 Å². The number of nitrogens with one attached hydrogen (secondary N) is 1. The van der Waals surface area contributed by atoms with Gasteiger partial charge in [0.15, 0.2) is 5.82 Å². The van der Waals surface area contributed by atoms with E-state index < -0.39 is 0 Å². The number of ether oxygens (including phenoxy) is 1. The summed E-state index contributed by atoms with van der Waals surface area (Å²) in [5.41, 5.74) is 3.19. The van der Waals surface area contributed by atoms with Crippen LogP contribution >= 0.6 is 0 Å². The number of aryl methyl sites for hydroxylation is 2. The second-order valence-electron chi connectivity index (χ2n) is 7.25. The third-order valence-corrected chi connectivity index (χ3v) is 5.13. The Morgan fingerprint density at radius 3 is 2.86 bits per heavy atom. The molecule has 0 bridgehead atoms. The first-order chi connectivity index (χ1) is 13.6. The number of methoxy groups -OCH3 is 1. The molecule has 28 heavy (non-hydrogen) atoms. The molecule has 0 aliphatic carbocycles. The Labute approximate surface area is 165 Å². The summed E-state index contributed by atoms with van der Waals surface area (Å²) in [5.74, 6) is 2.99. The van der Waals surface area contributed by atoms with Crippen LogP contribution in [0.25, 0.3) is 5.82 Å². The molecule has 1 aliphatic heterocycles. The first kappa shape index (κ1) is 18.3. The smallest absolute Gasteiger partial charge is 0.174 e. The summed E-state index contributed by atoms with van der Waals surface area (Å²) in [6, 6.07) is 10.2. The molecular formula is C21H26N6O. The minimum absolute atomic E-state index is 0.545. The van der Waals surface area contributed by atoms with Gasteiger partial charge in [0.25, 0.3) is 0 Å². The lowest BCUT2D eigenvalue weighted by molar-refractivity contribution is 0.414. The number of para-hydroxylation sites is 2. The quantitative estimate of drug-likeness (QED) is 0.710. The molecule has 1 atom stereocenters. The van der Waals surface area contributed by atoms with E-state index in [9.17, 15) is 0 Å². The summed E-state index contributed by atoms with van der Waals surface area (Å²) < 4.78 is 7.33. The molecule has 1 aromatic carbocycles. The van der Waals surface area contributed by atoms with E-state index in [-0.39, 0.29) is 0 Å². The third-order valence-electron chi connectivity index (χ3n) is 5.13. The Hall–Kier alpha value is -3.09. The van der Waals surface area contributed by atoms with Crippen LogP contribution in [0.3, 0.4) is 0 Å². The van der Waals surface area contributed by atoms with Crippen LogP contribution in [0.2, 0.25) is 0 Å². The van der Waals surface area contributed by atoms with Gasteiger partial charge < -0.3 is 15.0 Å². The number of benzene rings is 1. The monoisotopic (exact) mass is 378 g/mol. The van der Waals surface area contributed by atoms with E-state index >= 15 is 0 Å². The van der Waals surface area contributed by atoms with Crippen molar-refractivity contribution in [3.05, 3.63) is 54.1 Å². The Bertz CT molecular complexity index is 954. The summed E-state index contributed by atoms with van der Waals surface area (Å²) in [6.45, 7) is 6.89. The number of hydrogen-bond acceptors (Lipinski definition) is 6. The average Bonchev–Trinajstić information content (AvgIpc) is 3.32. The normalized spacial score (nSPS) is 16.4. The van der Waals surface area contributed by atoms with Crippen molar-refractivity contribution < 1.29 is 4.74 Å². The molecule has 0 radical (unpaired) electrons. The first-order valence-corrected chi connectivity index (χ1v) is 9.61. The van der Waals surface area contributed by atoms with Gasteiger partial charge in [-0.2, -0.15) is 5.10 Å². The zero-order valence-corrected chi connectivity index (χ0v) is 16.6. The number of rotatable bonds is 6. The van der Waals surface area contributed by atoms with Gasteiger partial charge in [-0.15, -0.1) is 0 Å². The molecule has 7 nitrogen and oxygen atoms in total. The molecule has 1 fully saturated rings. The lowest BCUT2D eigenvalue weighted by Gasteiger charge is -2.21. The molecule has 2 aromatic heterocycles. The zero-order chi connectivity index (χ0) is 19.5. The minimum atomic E-state index is 0.545. The first-order valence-electron chi connectivity index (χ1n) is 9.61. The molecule has 1 aliphatic rings. The van der Waals surface area contributed by atoms with E-state index in [4.69, 9.17) is 4.74 Å². The highest BCUT2D eigenvalue weighted by molar-refractivity contribution is 5.59. The van der Waals surface area contributed by atoms with E-state index in [1.807, 2.05) is 36.7 Å². The topological polar surface area (TPSA) is 68.1 Å². The Kier molecular flexibility index (Phi) is 5.14. The van der Waals surface area contributed by atoms with E-state index in [1.165, 1.54) is 5.69 Å². The summed E-state index contributed by atoms with van der Waals surface area (Å²) in [4.78, 5) is 11.4. The van der Waals surface area contributed by atoms with Crippen molar-refractivity contribution in [3.8, 4) is 11.6 Å². The Balaban J connectivity index is 1.39.